The summed E-state index contributed by atoms with van der Waals surface area (Å²) in [5.41, 5.74) is 0.167. The van der Waals surface area contributed by atoms with Gasteiger partial charge >= 0.3 is 0 Å². The molecule has 1 amide bonds. The Balaban J connectivity index is 1.78. The quantitative estimate of drug-likeness (QED) is 0.873. The van der Waals surface area contributed by atoms with Crippen molar-refractivity contribution in [3.63, 3.8) is 0 Å². The first-order valence-electron chi connectivity index (χ1n) is 6.97. The predicted molar refractivity (Wildman–Crippen MR) is 75.9 cm³/mol. The number of nitrogens with one attached hydrogen (secondary N) is 1. The summed E-state index contributed by atoms with van der Waals surface area (Å²) in [6.07, 6.45) is 5.09. The van der Waals surface area contributed by atoms with E-state index in [2.05, 4.69) is 15.2 Å². The Morgan fingerprint density at radius 2 is 2.33 bits per heavy atom. The minimum absolute atomic E-state index is 0.104. The molecule has 7 heteroatoms. The lowest BCUT2D eigenvalue weighted by Crippen LogP contribution is -2.40. The van der Waals surface area contributed by atoms with Gasteiger partial charge in [-0.25, -0.2) is 0 Å². The number of aromatic amines is 1. The molecular weight excluding hydrogens is 270 g/mol. The summed E-state index contributed by atoms with van der Waals surface area (Å²) in [5, 5.41) is 8.04. The van der Waals surface area contributed by atoms with E-state index in [0.717, 1.165) is 18.7 Å². The first-order valence-corrected chi connectivity index (χ1v) is 6.97. The summed E-state index contributed by atoms with van der Waals surface area (Å²) in [4.78, 5) is 28.1. The molecule has 1 N–H and O–H groups in total. The highest BCUT2D eigenvalue weighted by Crippen LogP contribution is 2.25. The fourth-order valence-corrected chi connectivity index (χ4v) is 2.79. The number of piperidine rings is 1. The number of carbonyl (C=O) groups excluding carboxylic acids is 1. The Morgan fingerprint density at radius 3 is 3.05 bits per heavy atom. The fraction of sp³-hybridized carbons (Fsp3) is 0.429. The minimum atomic E-state index is -0.261. The van der Waals surface area contributed by atoms with E-state index in [0.29, 0.717) is 18.7 Å². The number of nitrogens with zero attached hydrogens (tertiary/aromatic N) is 4. The van der Waals surface area contributed by atoms with E-state index < -0.39 is 0 Å². The van der Waals surface area contributed by atoms with E-state index in [1.165, 1.54) is 12.3 Å². The van der Waals surface area contributed by atoms with Crippen LogP contribution in [0.1, 0.15) is 34.9 Å². The van der Waals surface area contributed by atoms with Gasteiger partial charge in [0.1, 0.15) is 12.2 Å². The largest absolute Gasteiger partial charge is 0.338 e. The minimum Gasteiger partial charge on any atom is -0.338 e. The van der Waals surface area contributed by atoms with Gasteiger partial charge in [0.05, 0.1) is 0 Å². The molecule has 7 nitrogen and oxygen atoms in total. The summed E-state index contributed by atoms with van der Waals surface area (Å²) in [7, 11) is 1.91. The molecule has 0 spiro atoms. The summed E-state index contributed by atoms with van der Waals surface area (Å²) in [6.45, 7) is 1.32. The average Bonchev–Trinajstić information content (AvgIpc) is 2.93. The maximum absolute atomic E-state index is 12.5. The number of aromatic nitrogens is 4. The zero-order valence-corrected chi connectivity index (χ0v) is 11.8. The number of H-pyrrole nitrogens is 1. The highest BCUT2D eigenvalue weighted by atomic mass is 16.2. The van der Waals surface area contributed by atoms with Crippen LogP contribution in [0.4, 0.5) is 0 Å². The molecule has 1 saturated heterocycles. The summed E-state index contributed by atoms with van der Waals surface area (Å²) in [6, 6.07) is 2.98. The summed E-state index contributed by atoms with van der Waals surface area (Å²) < 4.78 is 1.89. The lowest BCUT2D eigenvalue weighted by Gasteiger charge is -2.32. The Bertz CT molecular complexity index is 705. The third kappa shape index (κ3) is 2.72. The van der Waals surface area contributed by atoms with Gasteiger partial charge in [0.15, 0.2) is 0 Å². The lowest BCUT2D eigenvalue weighted by atomic mass is 9.96. The van der Waals surface area contributed by atoms with Crippen LogP contribution >= 0.6 is 0 Å². The Labute approximate surface area is 121 Å². The molecule has 3 heterocycles. The number of aryl methyl sites for hydroxylation is 1. The van der Waals surface area contributed by atoms with Crippen molar-refractivity contribution < 1.29 is 4.79 Å². The Morgan fingerprint density at radius 1 is 1.48 bits per heavy atom. The third-order valence-corrected chi connectivity index (χ3v) is 3.84. The second kappa shape index (κ2) is 5.51. The van der Waals surface area contributed by atoms with Crippen molar-refractivity contribution in [1.29, 1.82) is 0 Å². The molecule has 1 unspecified atom stereocenters. The zero-order chi connectivity index (χ0) is 14.8. The second-order valence-electron chi connectivity index (χ2n) is 5.33. The maximum atomic E-state index is 12.5. The van der Waals surface area contributed by atoms with Crippen molar-refractivity contribution in [2.75, 3.05) is 13.1 Å². The van der Waals surface area contributed by atoms with E-state index in [1.807, 2.05) is 11.6 Å². The van der Waals surface area contributed by atoms with Crippen LogP contribution in [0.3, 0.4) is 0 Å². The second-order valence-corrected chi connectivity index (χ2v) is 5.33. The van der Waals surface area contributed by atoms with Crippen molar-refractivity contribution >= 4 is 5.91 Å². The van der Waals surface area contributed by atoms with Gasteiger partial charge in [0, 0.05) is 43.9 Å². The number of amides is 1. The number of rotatable bonds is 2. The van der Waals surface area contributed by atoms with Gasteiger partial charge in [-0.2, -0.15) is 0 Å². The highest BCUT2D eigenvalue weighted by molar-refractivity contribution is 5.94. The van der Waals surface area contributed by atoms with Gasteiger partial charge in [-0.1, -0.05) is 0 Å². The summed E-state index contributed by atoms with van der Waals surface area (Å²) >= 11 is 0. The average molecular weight is 287 g/mol. The molecule has 1 aliphatic heterocycles. The Kier molecular flexibility index (Phi) is 3.55. The monoisotopic (exact) mass is 287 g/mol. The van der Waals surface area contributed by atoms with E-state index in [-0.39, 0.29) is 17.4 Å². The van der Waals surface area contributed by atoms with Crippen molar-refractivity contribution in [3.8, 4) is 0 Å². The maximum Gasteiger partial charge on any atom is 0.254 e. The number of hydrogen-bond acceptors (Lipinski definition) is 4. The molecule has 0 aliphatic carbocycles. The van der Waals surface area contributed by atoms with Crippen LogP contribution in [-0.2, 0) is 7.05 Å². The molecular formula is C14H17N5O2. The van der Waals surface area contributed by atoms with E-state index in [1.54, 1.807) is 17.3 Å². The Hall–Kier alpha value is -2.44. The van der Waals surface area contributed by atoms with Crippen molar-refractivity contribution in [1.82, 2.24) is 24.6 Å². The lowest BCUT2D eigenvalue weighted by molar-refractivity contribution is 0.0703. The first-order chi connectivity index (χ1) is 10.1. The molecule has 0 saturated carbocycles. The zero-order valence-electron chi connectivity index (χ0n) is 11.8. The molecule has 2 aromatic heterocycles. The van der Waals surface area contributed by atoms with E-state index in [9.17, 15) is 9.59 Å². The van der Waals surface area contributed by atoms with Crippen molar-refractivity contribution in [3.05, 3.63) is 46.4 Å². The van der Waals surface area contributed by atoms with E-state index >= 15 is 0 Å². The molecule has 3 rings (SSSR count). The molecule has 0 radical (unpaired) electrons. The molecule has 1 aliphatic rings. The number of pyridine rings is 1. The molecule has 1 fully saturated rings. The van der Waals surface area contributed by atoms with Crippen LogP contribution in [-0.4, -0.2) is 43.6 Å². The fourth-order valence-electron chi connectivity index (χ4n) is 2.79. The van der Waals surface area contributed by atoms with Crippen LogP contribution < -0.4 is 5.56 Å². The van der Waals surface area contributed by atoms with Crippen LogP contribution in [0.15, 0.2) is 29.5 Å². The molecule has 1 atom stereocenters. The SMILES string of the molecule is Cn1cnnc1C1CCCN(C(=O)c2cc[nH]c(=O)c2)C1. The topological polar surface area (TPSA) is 83.9 Å². The third-order valence-electron chi connectivity index (χ3n) is 3.84. The molecule has 110 valence electrons. The van der Waals surface area contributed by atoms with Crippen LogP contribution in [0.5, 0.6) is 0 Å². The smallest absolute Gasteiger partial charge is 0.254 e. The number of hydrogen-bond donors (Lipinski definition) is 1. The van der Waals surface area contributed by atoms with E-state index in [4.69, 9.17) is 0 Å². The van der Waals surface area contributed by atoms with Gasteiger partial charge in [-0.15, -0.1) is 10.2 Å². The van der Waals surface area contributed by atoms with Crippen LogP contribution in [0.25, 0.3) is 0 Å². The predicted octanol–water partition coefficient (Wildman–Crippen LogP) is 0.523. The molecule has 2 aromatic rings. The number of carbonyl (C=O) groups is 1. The normalized spacial score (nSPS) is 18.7. The standard InChI is InChI=1S/C14H17N5O2/c1-18-9-16-17-13(18)11-3-2-6-19(8-11)14(21)10-4-5-15-12(20)7-10/h4-5,7,9,11H,2-3,6,8H2,1H3,(H,15,20). The summed E-state index contributed by atoms with van der Waals surface area (Å²) in [5.74, 6) is 0.989. The van der Waals surface area contributed by atoms with Crippen molar-refractivity contribution in [2.45, 2.75) is 18.8 Å². The van der Waals surface area contributed by atoms with Gasteiger partial charge in [-0.3, -0.25) is 9.59 Å². The number of likely N-dealkylation sites (tertiary alicyclic amines) is 1. The van der Waals surface area contributed by atoms with Gasteiger partial charge < -0.3 is 14.5 Å². The van der Waals surface area contributed by atoms with Gasteiger partial charge in [-0.05, 0) is 18.9 Å². The molecule has 21 heavy (non-hydrogen) atoms. The van der Waals surface area contributed by atoms with Crippen molar-refractivity contribution in [2.24, 2.45) is 7.05 Å². The highest BCUT2D eigenvalue weighted by Gasteiger charge is 2.28. The van der Waals surface area contributed by atoms with Gasteiger partial charge in [0.25, 0.3) is 5.91 Å². The van der Waals surface area contributed by atoms with Gasteiger partial charge in [0.2, 0.25) is 5.56 Å². The van der Waals surface area contributed by atoms with Crippen LogP contribution in [0.2, 0.25) is 0 Å². The first kappa shape index (κ1) is 13.5. The molecule has 0 aromatic carbocycles. The molecule has 0 bridgehead atoms. The van der Waals surface area contributed by atoms with Crippen LogP contribution in [0, 0.1) is 0 Å².